The van der Waals surface area contributed by atoms with Crippen molar-refractivity contribution in [1.82, 2.24) is 25.0 Å². The molecule has 0 aliphatic carbocycles. The van der Waals surface area contributed by atoms with Gasteiger partial charge in [0.1, 0.15) is 0 Å². The van der Waals surface area contributed by atoms with Crippen LogP contribution in [0.2, 0.25) is 0 Å². The maximum Gasteiger partial charge on any atom is 0.416 e. The number of anilines is 3. The molecule has 1 atom stereocenters. The highest BCUT2D eigenvalue weighted by molar-refractivity contribution is 5.92. The van der Waals surface area contributed by atoms with Crippen LogP contribution in [0.3, 0.4) is 0 Å². The Labute approximate surface area is 206 Å². The lowest BCUT2D eigenvalue weighted by Gasteiger charge is -2.36. The zero-order valence-electron chi connectivity index (χ0n) is 20.3. The molecule has 36 heavy (non-hydrogen) atoms. The summed E-state index contributed by atoms with van der Waals surface area (Å²) in [6.45, 7) is 6.93. The van der Waals surface area contributed by atoms with Gasteiger partial charge in [-0.25, -0.2) is 0 Å². The number of alkyl halides is 3. The molecule has 0 spiro atoms. The van der Waals surface area contributed by atoms with Crippen LogP contribution in [0.5, 0.6) is 0 Å². The molecule has 1 aliphatic heterocycles. The zero-order valence-corrected chi connectivity index (χ0v) is 20.3. The molecule has 1 aromatic carbocycles. The third-order valence-corrected chi connectivity index (χ3v) is 6.51. The van der Waals surface area contributed by atoms with Crippen LogP contribution in [0.25, 0.3) is 10.9 Å². The molecule has 0 bridgehead atoms. The fourth-order valence-corrected chi connectivity index (χ4v) is 4.47. The first kappa shape index (κ1) is 23.8. The fourth-order valence-electron chi connectivity index (χ4n) is 4.47. The van der Waals surface area contributed by atoms with E-state index in [0.717, 1.165) is 55.2 Å². The van der Waals surface area contributed by atoms with E-state index in [-0.39, 0.29) is 0 Å². The van der Waals surface area contributed by atoms with Gasteiger partial charge >= 0.3 is 6.18 Å². The van der Waals surface area contributed by atoms with E-state index in [1.807, 2.05) is 38.5 Å². The van der Waals surface area contributed by atoms with Crippen LogP contribution in [0.4, 0.5) is 30.5 Å². The van der Waals surface area contributed by atoms with Gasteiger partial charge in [0.2, 0.25) is 0 Å². The van der Waals surface area contributed by atoms with Crippen molar-refractivity contribution in [1.29, 1.82) is 0 Å². The quantitative estimate of drug-likeness (QED) is 0.433. The van der Waals surface area contributed by atoms with Crippen LogP contribution in [-0.4, -0.2) is 51.1 Å². The number of hydrogen-bond donors (Lipinski definition) is 1. The van der Waals surface area contributed by atoms with Gasteiger partial charge in [-0.2, -0.15) is 23.4 Å². The number of nitrogens with zero attached hydrogens (tertiary/aromatic N) is 7. The molecule has 4 heterocycles. The first-order chi connectivity index (χ1) is 17.2. The molecule has 1 aliphatic rings. The molecule has 0 saturated carbocycles. The summed E-state index contributed by atoms with van der Waals surface area (Å²) in [5.74, 6) is 1.46. The first-order valence-corrected chi connectivity index (χ1v) is 11.8. The monoisotopic (exact) mass is 496 g/mol. The van der Waals surface area contributed by atoms with Crippen molar-refractivity contribution >= 4 is 28.2 Å². The van der Waals surface area contributed by atoms with Crippen molar-refractivity contribution in [3.8, 4) is 0 Å². The Morgan fingerprint density at radius 2 is 1.75 bits per heavy atom. The van der Waals surface area contributed by atoms with Gasteiger partial charge in [-0.15, -0.1) is 5.10 Å². The topological polar surface area (TPSA) is 75.0 Å². The van der Waals surface area contributed by atoms with E-state index >= 15 is 0 Å². The van der Waals surface area contributed by atoms with Gasteiger partial charge in [-0.05, 0) is 37.6 Å². The summed E-state index contributed by atoms with van der Waals surface area (Å²) in [5, 5.41) is 17.1. The van der Waals surface area contributed by atoms with Crippen molar-refractivity contribution in [3.05, 3.63) is 65.6 Å². The number of aromatic nitrogens is 5. The van der Waals surface area contributed by atoms with E-state index in [4.69, 9.17) is 0 Å². The van der Waals surface area contributed by atoms with Gasteiger partial charge in [0.05, 0.1) is 34.7 Å². The maximum absolute atomic E-state index is 13.2. The minimum atomic E-state index is -4.40. The number of piperazine rings is 1. The zero-order chi connectivity index (χ0) is 25.4. The molecular formula is C25H27F3N8. The smallest absolute Gasteiger partial charge is 0.367 e. The highest BCUT2D eigenvalue weighted by Crippen LogP contribution is 2.33. The lowest BCUT2D eigenvalue weighted by atomic mass is 10.0. The molecule has 188 valence electrons. The molecular weight excluding hydrogens is 469 g/mol. The van der Waals surface area contributed by atoms with E-state index in [1.165, 1.54) is 6.07 Å². The van der Waals surface area contributed by atoms with Crippen molar-refractivity contribution in [3.63, 3.8) is 0 Å². The number of nitrogens with one attached hydrogen (secondary N) is 1. The summed E-state index contributed by atoms with van der Waals surface area (Å²) in [4.78, 5) is 9.18. The summed E-state index contributed by atoms with van der Waals surface area (Å²) in [7, 11) is 1.91. The number of benzene rings is 1. The lowest BCUT2D eigenvalue weighted by Crippen LogP contribution is -2.46. The Morgan fingerprint density at radius 3 is 2.44 bits per heavy atom. The molecule has 0 unspecified atom stereocenters. The lowest BCUT2D eigenvalue weighted by molar-refractivity contribution is -0.137. The van der Waals surface area contributed by atoms with Gasteiger partial charge in [-0.1, -0.05) is 12.1 Å². The van der Waals surface area contributed by atoms with E-state index < -0.39 is 17.8 Å². The third-order valence-electron chi connectivity index (χ3n) is 6.51. The van der Waals surface area contributed by atoms with Crippen LogP contribution in [0, 0.1) is 6.92 Å². The Balaban J connectivity index is 1.38. The van der Waals surface area contributed by atoms with Crippen molar-refractivity contribution in [2.45, 2.75) is 26.1 Å². The Morgan fingerprint density at radius 1 is 1.00 bits per heavy atom. The van der Waals surface area contributed by atoms with Crippen LogP contribution in [0.15, 0.2) is 48.8 Å². The van der Waals surface area contributed by atoms with E-state index in [0.29, 0.717) is 22.6 Å². The van der Waals surface area contributed by atoms with Crippen molar-refractivity contribution in [2.75, 3.05) is 41.3 Å². The van der Waals surface area contributed by atoms with Crippen molar-refractivity contribution < 1.29 is 13.2 Å². The summed E-state index contributed by atoms with van der Waals surface area (Å²) < 4.78 is 41.4. The predicted octanol–water partition coefficient (Wildman–Crippen LogP) is 4.59. The number of hydrogen-bond acceptors (Lipinski definition) is 7. The second-order valence-corrected chi connectivity index (χ2v) is 9.03. The average Bonchev–Trinajstić information content (AvgIpc) is 3.31. The summed E-state index contributed by atoms with van der Waals surface area (Å²) in [6, 6.07) is 8.94. The highest BCUT2D eigenvalue weighted by Gasteiger charge is 2.30. The average molecular weight is 497 g/mol. The Kier molecular flexibility index (Phi) is 6.15. The Bertz CT molecular complexity index is 1380. The van der Waals surface area contributed by atoms with Crippen LogP contribution < -0.4 is 15.1 Å². The van der Waals surface area contributed by atoms with Crippen LogP contribution >= 0.6 is 0 Å². The van der Waals surface area contributed by atoms with Gasteiger partial charge in [-0.3, -0.25) is 9.67 Å². The molecule has 8 nitrogen and oxygen atoms in total. The summed E-state index contributed by atoms with van der Waals surface area (Å²) in [6.07, 6.45) is -0.619. The number of rotatable bonds is 5. The molecule has 4 aromatic rings. The standard InChI is InChI=1S/C25H27F3N8/c1-16(18-5-4-6-19(13-18)25(26,27)28)30-24-21-14-20(15-29-23(21)17(2)31-32-24)35-9-11-36(12-10-35)22-7-8-34(3)33-22/h4-8,13-16H,9-12H2,1-3H3,(H,30,32)/t16-/m1/s1. The molecule has 11 heteroatoms. The van der Waals surface area contributed by atoms with Gasteiger partial charge in [0.15, 0.2) is 11.6 Å². The van der Waals surface area contributed by atoms with Gasteiger partial charge in [0, 0.05) is 50.9 Å². The van der Waals surface area contributed by atoms with Gasteiger partial charge < -0.3 is 15.1 Å². The van der Waals surface area contributed by atoms with Crippen LogP contribution in [0.1, 0.15) is 29.8 Å². The molecule has 1 fully saturated rings. The largest absolute Gasteiger partial charge is 0.416 e. The molecule has 3 aromatic heterocycles. The summed E-state index contributed by atoms with van der Waals surface area (Å²) >= 11 is 0. The van der Waals surface area contributed by atoms with Crippen LogP contribution in [-0.2, 0) is 13.2 Å². The van der Waals surface area contributed by atoms with Crippen molar-refractivity contribution in [2.24, 2.45) is 7.05 Å². The number of pyridine rings is 1. The number of aryl methyl sites for hydroxylation is 2. The van der Waals surface area contributed by atoms with E-state index in [9.17, 15) is 13.2 Å². The van der Waals surface area contributed by atoms with Gasteiger partial charge in [0.25, 0.3) is 0 Å². The second-order valence-electron chi connectivity index (χ2n) is 9.03. The predicted molar refractivity (Wildman–Crippen MR) is 133 cm³/mol. The molecule has 5 rings (SSSR count). The minimum Gasteiger partial charge on any atom is -0.367 e. The number of fused-ring (bicyclic) bond motifs is 1. The third kappa shape index (κ3) is 4.77. The molecule has 0 radical (unpaired) electrons. The normalized spacial score (nSPS) is 15.4. The SMILES string of the molecule is Cc1nnc(N[C@H](C)c2cccc(C(F)(F)F)c2)c2cc(N3CCN(c4ccn(C)n4)CC3)cnc12. The Hall–Kier alpha value is -3.89. The maximum atomic E-state index is 13.2. The second kappa shape index (κ2) is 9.29. The fraction of sp³-hybridized carbons (Fsp3) is 0.360. The molecule has 1 N–H and O–H groups in total. The highest BCUT2D eigenvalue weighted by atomic mass is 19.4. The van der Waals surface area contributed by atoms with E-state index in [1.54, 1.807) is 17.7 Å². The van der Waals surface area contributed by atoms with E-state index in [2.05, 4.69) is 35.4 Å². The number of halogens is 3. The molecule has 1 saturated heterocycles. The molecule has 0 amide bonds. The minimum absolute atomic E-state index is 0.418. The first-order valence-electron chi connectivity index (χ1n) is 11.8. The summed E-state index contributed by atoms with van der Waals surface area (Å²) in [5.41, 5.74) is 2.19.